The quantitative estimate of drug-likeness (QED) is 0.602. The Balaban J connectivity index is 2.13. The second kappa shape index (κ2) is 6.51. The first kappa shape index (κ1) is 12.1. The van der Waals surface area contributed by atoms with Gasteiger partial charge in [0.15, 0.2) is 5.76 Å². The third-order valence-corrected chi connectivity index (χ3v) is 2.69. The van der Waals surface area contributed by atoms with Gasteiger partial charge in [-0.2, -0.15) is 0 Å². The van der Waals surface area contributed by atoms with E-state index in [1.54, 1.807) is 12.1 Å². The average Bonchev–Trinajstić information content (AvgIpc) is 2.77. The number of halogens is 1. The highest BCUT2D eigenvalue weighted by molar-refractivity contribution is 6.18. The van der Waals surface area contributed by atoms with Gasteiger partial charge in [-0.25, -0.2) is 0 Å². The van der Waals surface area contributed by atoms with Crippen molar-refractivity contribution in [3.8, 4) is 0 Å². The third kappa shape index (κ3) is 4.38. The molecule has 1 amide bonds. The Morgan fingerprint density at radius 3 is 3.07 bits per heavy atom. The van der Waals surface area contributed by atoms with Crippen molar-refractivity contribution in [1.82, 2.24) is 5.32 Å². The molecule has 0 bridgehead atoms. The zero-order valence-corrected chi connectivity index (χ0v) is 9.59. The molecule has 1 unspecified atom stereocenters. The summed E-state index contributed by atoms with van der Waals surface area (Å²) in [6.07, 6.45) is 3.47. The average molecular weight is 230 g/mol. The van der Waals surface area contributed by atoms with E-state index in [0.717, 1.165) is 12.8 Å². The van der Waals surface area contributed by atoms with Gasteiger partial charge in [0.2, 0.25) is 0 Å². The van der Waals surface area contributed by atoms with E-state index in [-0.39, 0.29) is 5.91 Å². The fraction of sp³-hybridized carbons (Fsp3) is 0.545. The zero-order valence-electron chi connectivity index (χ0n) is 8.83. The number of furan rings is 1. The molecule has 0 spiro atoms. The van der Waals surface area contributed by atoms with Gasteiger partial charge >= 0.3 is 0 Å². The first-order chi connectivity index (χ1) is 7.24. The standard InChI is InChI=1S/C11H16ClNO2/c1-9(8-12)4-2-6-13-11(14)10-5-3-7-15-10/h3,5,7,9H,2,4,6,8H2,1H3,(H,13,14). The largest absolute Gasteiger partial charge is 0.459 e. The molecule has 0 aliphatic heterocycles. The molecule has 1 atom stereocenters. The molecule has 0 radical (unpaired) electrons. The highest BCUT2D eigenvalue weighted by Crippen LogP contribution is 2.06. The third-order valence-electron chi connectivity index (χ3n) is 2.17. The van der Waals surface area contributed by atoms with Crippen LogP contribution in [0.5, 0.6) is 0 Å². The van der Waals surface area contributed by atoms with Crippen molar-refractivity contribution < 1.29 is 9.21 Å². The smallest absolute Gasteiger partial charge is 0.286 e. The van der Waals surface area contributed by atoms with Crippen molar-refractivity contribution in [1.29, 1.82) is 0 Å². The summed E-state index contributed by atoms with van der Waals surface area (Å²) in [7, 11) is 0. The summed E-state index contributed by atoms with van der Waals surface area (Å²) in [6.45, 7) is 2.77. The summed E-state index contributed by atoms with van der Waals surface area (Å²) in [4.78, 5) is 11.4. The maximum Gasteiger partial charge on any atom is 0.286 e. The Labute approximate surface area is 94.8 Å². The Hall–Kier alpha value is -0.960. The van der Waals surface area contributed by atoms with Crippen molar-refractivity contribution in [2.24, 2.45) is 5.92 Å². The lowest BCUT2D eigenvalue weighted by molar-refractivity contribution is 0.0925. The van der Waals surface area contributed by atoms with Gasteiger partial charge in [-0.15, -0.1) is 11.6 Å². The summed E-state index contributed by atoms with van der Waals surface area (Å²) < 4.78 is 4.96. The minimum atomic E-state index is -0.154. The van der Waals surface area contributed by atoms with Crippen molar-refractivity contribution in [2.75, 3.05) is 12.4 Å². The van der Waals surface area contributed by atoms with E-state index in [1.165, 1.54) is 6.26 Å². The van der Waals surface area contributed by atoms with Crippen LogP contribution in [0.25, 0.3) is 0 Å². The number of nitrogens with one attached hydrogen (secondary N) is 1. The van der Waals surface area contributed by atoms with Gasteiger partial charge in [-0.05, 0) is 30.9 Å². The fourth-order valence-corrected chi connectivity index (χ4v) is 1.38. The Bertz CT molecular complexity index is 285. The molecule has 0 aliphatic carbocycles. The van der Waals surface area contributed by atoms with E-state index in [0.29, 0.717) is 24.1 Å². The summed E-state index contributed by atoms with van der Waals surface area (Å²) in [6, 6.07) is 3.35. The normalized spacial score (nSPS) is 12.4. The van der Waals surface area contributed by atoms with Crippen LogP contribution < -0.4 is 5.32 Å². The van der Waals surface area contributed by atoms with E-state index >= 15 is 0 Å². The highest BCUT2D eigenvalue weighted by Gasteiger charge is 2.07. The van der Waals surface area contributed by atoms with E-state index in [2.05, 4.69) is 12.2 Å². The fourth-order valence-electron chi connectivity index (χ4n) is 1.22. The minimum absolute atomic E-state index is 0.154. The first-order valence-electron chi connectivity index (χ1n) is 5.11. The van der Waals surface area contributed by atoms with E-state index in [4.69, 9.17) is 16.0 Å². The van der Waals surface area contributed by atoms with Gasteiger partial charge in [-0.3, -0.25) is 4.79 Å². The van der Waals surface area contributed by atoms with E-state index < -0.39 is 0 Å². The molecule has 0 aliphatic rings. The van der Waals surface area contributed by atoms with Crippen LogP contribution in [0.4, 0.5) is 0 Å². The highest BCUT2D eigenvalue weighted by atomic mass is 35.5. The Morgan fingerprint density at radius 1 is 1.67 bits per heavy atom. The van der Waals surface area contributed by atoms with Crippen molar-refractivity contribution in [2.45, 2.75) is 19.8 Å². The lowest BCUT2D eigenvalue weighted by Gasteiger charge is -2.07. The van der Waals surface area contributed by atoms with Gasteiger partial charge in [-0.1, -0.05) is 6.92 Å². The molecule has 1 aromatic rings. The van der Waals surface area contributed by atoms with Crippen LogP contribution in [0.15, 0.2) is 22.8 Å². The number of carbonyl (C=O) groups is 1. The number of hydrogen-bond donors (Lipinski definition) is 1. The SMILES string of the molecule is CC(CCl)CCCNC(=O)c1ccco1. The molecule has 3 nitrogen and oxygen atoms in total. The molecule has 4 heteroatoms. The van der Waals surface area contributed by atoms with Crippen molar-refractivity contribution >= 4 is 17.5 Å². The Morgan fingerprint density at radius 2 is 2.47 bits per heavy atom. The predicted octanol–water partition coefficient (Wildman–Crippen LogP) is 2.66. The summed E-state index contributed by atoms with van der Waals surface area (Å²) in [5.74, 6) is 1.39. The maximum absolute atomic E-state index is 11.4. The molecular weight excluding hydrogens is 214 g/mol. The summed E-state index contributed by atoms with van der Waals surface area (Å²) >= 11 is 5.67. The second-order valence-corrected chi connectivity index (χ2v) is 3.94. The summed E-state index contributed by atoms with van der Waals surface area (Å²) in [5.41, 5.74) is 0. The monoisotopic (exact) mass is 229 g/mol. The van der Waals surface area contributed by atoms with Crippen LogP contribution in [-0.2, 0) is 0 Å². The van der Waals surface area contributed by atoms with Crippen LogP contribution in [0.2, 0.25) is 0 Å². The van der Waals surface area contributed by atoms with E-state index in [1.807, 2.05) is 0 Å². The van der Waals surface area contributed by atoms with Crippen LogP contribution in [0.3, 0.4) is 0 Å². The Kier molecular flexibility index (Phi) is 5.26. The summed E-state index contributed by atoms with van der Waals surface area (Å²) in [5, 5.41) is 2.79. The molecule has 1 N–H and O–H groups in total. The van der Waals surface area contributed by atoms with E-state index in [9.17, 15) is 4.79 Å². The predicted molar refractivity (Wildman–Crippen MR) is 60.2 cm³/mol. The molecule has 1 aromatic heterocycles. The van der Waals surface area contributed by atoms with Gasteiger partial charge < -0.3 is 9.73 Å². The lowest BCUT2D eigenvalue weighted by atomic mass is 10.1. The molecule has 0 fully saturated rings. The van der Waals surface area contributed by atoms with Gasteiger partial charge in [0.1, 0.15) is 0 Å². The maximum atomic E-state index is 11.4. The van der Waals surface area contributed by atoms with Crippen LogP contribution in [-0.4, -0.2) is 18.3 Å². The van der Waals surface area contributed by atoms with Gasteiger partial charge in [0.25, 0.3) is 5.91 Å². The number of alkyl halides is 1. The molecular formula is C11H16ClNO2. The van der Waals surface area contributed by atoms with Crippen molar-refractivity contribution in [3.63, 3.8) is 0 Å². The number of carbonyl (C=O) groups excluding carboxylic acids is 1. The molecule has 0 saturated heterocycles. The lowest BCUT2D eigenvalue weighted by Crippen LogP contribution is -2.24. The van der Waals surface area contributed by atoms with Crippen molar-refractivity contribution in [3.05, 3.63) is 24.2 Å². The zero-order chi connectivity index (χ0) is 11.1. The van der Waals surface area contributed by atoms with Crippen LogP contribution in [0, 0.1) is 5.92 Å². The minimum Gasteiger partial charge on any atom is -0.459 e. The number of hydrogen-bond acceptors (Lipinski definition) is 2. The molecule has 0 aromatic carbocycles. The van der Waals surface area contributed by atoms with Crippen LogP contribution >= 0.6 is 11.6 Å². The van der Waals surface area contributed by atoms with Gasteiger partial charge in [0.05, 0.1) is 6.26 Å². The number of amides is 1. The molecule has 15 heavy (non-hydrogen) atoms. The van der Waals surface area contributed by atoms with Gasteiger partial charge in [0, 0.05) is 12.4 Å². The topological polar surface area (TPSA) is 42.2 Å². The first-order valence-corrected chi connectivity index (χ1v) is 5.65. The molecule has 84 valence electrons. The molecule has 1 heterocycles. The number of rotatable bonds is 6. The molecule has 0 saturated carbocycles. The van der Waals surface area contributed by atoms with Crippen LogP contribution in [0.1, 0.15) is 30.3 Å². The molecule has 1 rings (SSSR count). The second-order valence-electron chi connectivity index (χ2n) is 3.63.